The van der Waals surface area contributed by atoms with Crippen LogP contribution in [0.2, 0.25) is 0 Å². The summed E-state index contributed by atoms with van der Waals surface area (Å²) < 4.78 is 4.25. The SMILES string of the molecule is CO/N=C(\C(=O)N[C@@H]1C(=O)N2C(C(=O)[O-])=C(C[N+]3(C)CC[C@@H](O)[C@H](O)C3)CS[C@H]12)c1nsc(N)n1. The van der Waals surface area contributed by atoms with E-state index in [4.69, 9.17) is 10.6 Å². The first kappa shape index (κ1) is 25.3. The van der Waals surface area contributed by atoms with Gasteiger partial charge in [0.1, 0.15) is 37.7 Å². The number of quaternary nitrogens is 1. The number of carbonyl (C=O) groups excluding carboxylic acids is 3. The highest BCUT2D eigenvalue weighted by atomic mass is 32.2. The second kappa shape index (κ2) is 9.69. The van der Waals surface area contributed by atoms with Gasteiger partial charge in [0.2, 0.25) is 11.5 Å². The number of nitrogen functional groups attached to an aromatic ring is 1. The fourth-order valence-corrected chi connectivity index (χ4v) is 6.28. The monoisotopic (exact) mass is 527 g/mol. The standard InChI is InChI=1S/C19H25N7O7S2/c1-26(4-3-9(27)10(28)6-26)5-8-7-34-17-12(16(30)25(17)13(8)18(31)32)21-15(29)11(23-33-2)14-22-19(20)35-24-14/h9-10,12,17,27-28H,3-7H2,1-2H3,(H3-,20,21,22,24,29,31,32)/b23-11-/t9-,10-,12-,17-,26?/m1/s1. The van der Waals surface area contributed by atoms with E-state index in [1.165, 1.54) is 18.9 Å². The van der Waals surface area contributed by atoms with Crippen molar-refractivity contribution in [3.8, 4) is 0 Å². The maximum absolute atomic E-state index is 13.0. The van der Waals surface area contributed by atoms with E-state index in [0.29, 0.717) is 28.8 Å². The molecule has 35 heavy (non-hydrogen) atoms. The van der Waals surface area contributed by atoms with Crippen LogP contribution in [0.5, 0.6) is 0 Å². The number of likely N-dealkylation sites (N-methyl/N-ethyl adjacent to an activating group) is 1. The number of fused-ring (bicyclic) bond motifs is 1. The number of amides is 2. The van der Waals surface area contributed by atoms with Crippen LogP contribution in [0.3, 0.4) is 0 Å². The molecule has 3 aliphatic rings. The van der Waals surface area contributed by atoms with Crippen molar-refractivity contribution >= 4 is 51.9 Å². The number of nitrogens with one attached hydrogen (secondary N) is 1. The van der Waals surface area contributed by atoms with Crippen molar-refractivity contribution in [2.45, 2.75) is 30.0 Å². The number of thioether (sulfide) groups is 1. The van der Waals surface area contributed by atoms with E-state index in [0.717, 1.165) is 16.4 Å². The summed E-state index contributed by atoms with van der Waals surface area (Å²) in [5.74, 6) is -2.63. The third-order valence-electron chi connectivity index (χ3n) is 6.19. The molecule has 4 heterocycles. The molecular weight excluding hydrogens is 502 g/mol. The Kier molecular flexibility index (Phi) is 7.01. The van der Waals surface area contributed by atoms with Gasteiger partial charge in [-0.25, -0.2) is 0 Å². The number of oxime groups is 1. The molecule has 14 nitrogen and oxygen atoms in total. The number of hydrogen-bond donors (Lipinski definition) is 4. The minimum atomic E-state index is -1.49. The number of likely N-dealkylation sites (tertiary alicyclic amines) is 1. The number of nitrogens with zero attached hydrogens (tertiary/aromatic N) is 5. The minimum absolute atomic E-state index is 0.0600. The molecule has 190 valence electrons. The number of rotatable bonds is 7. The van der Waals surface area contributed by atoms with E-state index in [1.54, 1.807) is 0 Å². The summed E-state index contributed by atoms with van der Waals surface area (Å²) in [7, 11) is 3.10. The number of carbonyl (C=O) groups is 3. The Hall–Kier alpha value is -2.79. The first-order valence-electron chi connectivity index (χ1n) is 10.6. The van der Waals surface area contributed by atoms with Gasteiger partial charge in [-0.3, -0.25) is 14.5 Å². The Morgan fingerprint density at radius 1 is 1.40 bits per heavy atom. The number of nitrogens with two attached hydrogens (primary N) is 1. The topological polar surface area (TPSA) is 203 Å². The number of aromatic nitrogens is 2. The number of carboxylic acid groups (broad SMARTS) is 1. The second-order valence-corrected chi connectivity index (χ2v) is 10.7. The van der Waals surface area contributed by atoms with Crippen LogP contribution in [0.15, 0.2) is 16.4 Å². The predicted molar refractivity (Wildman–Crippen MR) is 122 cm³/mol. The zero-order valence-corrected chi connectivity index (χ0v) is 20.5. The smallest absolute Gasteiger partial charge is 0.278 e. The zero-order chi connectivity index (χ0) is 25.5. The summed E-state index contributed by atoms with van der Waals surface area (Å²) in [5.41, 5.74) is 5.58. The molecule has 0 radical (unpaired) electrons. The highest BCUT2D eigenvalue weighted by Gasteiger charge is 2.54. The van der Waals surface area contributed by atoms with Gasteiger partial charge in [0.15, 0.2) is 5.13 Å². The van der Waals surface area contributed by atoms with Crippen LogP contribution in [-0.4, -0.2) is 116 Å². The van der Waals surface area contributed by atoms with E-state index >= 15 is 0 Å². The van der Waals surface area contributed by atoms with Gasteiger partial charge >= 0.3 is 0 Å². The molecule has 0 spiro atoms. The van der Waals surface area contributed by atoms with Crippen LogP contribution in [0.1, 0.15) is 12.2 Å². The molecule has 0 bridgehead atoms. The van der Waals surface area contributed by atoms with Gasteiger partial charge in [-0.05, 0) is 0 Å². The molecule has 2 fully saturated rings. The number of anilines is 1. The zero-order valence-electron chi connectivity index (χ0n) is 18.9. The fraction of sp³-hybridized carbons (Fsp3) is 0.579. The van der Waals surface area contributed by atoms with Gasteiger partial charge < -0.3 is 40.5 Å². The summed E-state index contributed by atoms with van der Waals surface area (Å²) in [4.78, 5) is 47.5. The molecule has 0 saturated carbocycles. The number of aliphatic carboxylic acids is 1. The van der Waals surface area contributed by atoms with Gasteiger partial charge in [-0.1, -0.05) is 5.16 Å². The second-order valence-electron chi connectivity index (χ2n) is 8.79. The summed E-state index contributed by atoms with van der Waals surface area (Å²) in [5, 5.41) is 37.6. The molecule has 1 unspecified atom stereocenters. The van der Waals surface area contributed by atoms with Crippen molar-refractivity contribution in [1.29, 1.82) is 0 Å². The number of β-lactam (4-membered cyclic amide) rings is 1. The van der Waals surface area contributed by atoms with E-state index in [2.05, 4.69) is 19.8 Å². The Labute approximate surface area is 208 Å². The van der Waals surface area contributed by atoms with Crippen LogP contribution in [0.4, 0.5) is 5.13 Å². The van der Waals surface area contributed by atoms with Crippen LogP contribution in [0.25, 0.3) is 0 Å². The number of aliphatic hydroxyl groups excluding tert-OH is 2. The summed E-state index contributed by atoms with van der Waals surface area (Å²) in [6.07, 6.45) is -1.35. The summed E-state index contributed by atoms with van der Waals surface area (Å²) in [6, 6.07) is -1.00. The average Bonchev–Trinajstić information content (AvgIpc) is 3.23. The number of aliphatic hydroxyl groups is 2. The van der Waals surface area contributed by atoms with Crippen molar-refractivity contribution in [3.63, 3.8) is 0 Å². The van der Waals surface area contributed by atoms with Gasteiger partial charge in [0, 0.05) is 29.3 Å². The average molecular weight is 528 g/mol. The van der Waals surface area contributed by atoms with Crippen LogP contribution in [-0.2, 0) is 19.2 Å². The predicted octanol–water partition coefficient (Wildman–Crippen LogP) is -3.55. The van der Waals surface area contributed by atoms with Crippen molar-refractivity contribution < 1.29 is 39.0 Å². The van der Waals surface area contributed by atoms with Gasteiger partial charge in [-0.15, -0.1) is 11.8 Å². The van der Waals surface area contributed by atoms with E-state index in [9.17, 15) is 29.7 Å². The molecule has 0 aromatic carbocycles. The number of hydrogen-bond acceptors (Lipinski definition) is 13. The molecule has 3 aliphatic heterocycles. The highest BCUT2D eigenvalue weighted by molar-refractivity contribution is 8.00. The quantitative estimate of drug-likeness (QED) is 0.118. The highest BCUT2D eigenvalue weighted by Crippen LogP contribution is 2.41. The Morgan fingerprint density at radius 3 is 2.74 bits per heavy atom. The number of carboxylic acids is 1. The van der Waals surface area contributed by atoms with E-state index in [1.807, 2.05) is 7.05 Å². The Balaban J connectivity index is 1.51. The molecular formula is C19H25N7O7S2. The third kappa shape index (κ3) is 4.84. The lowest BCUT2D eigenvalue weighted by molar-refractivity contribution is -0.914. The van der Waals surface area contributed by atoms with E-state index < -0.39 is 41.4 Å². The maximum atomic E-state index is 13.0. The number of piperidine rings is 1. The van der Waals surface area contributed by atoms with Crippen LogP contribution in [0, 0.1) is 0 Å². The largest absolute Gasteiger partial charge is 0.543 e. The van der Waals surface area contributed by atoms with Gasteiger partial charge in [0.05, 0.1) is 31.4 Å². The van der Waals surface area contributed by atoms with Crippen molar-refractivity contribution in [1.82, 2.24) is 19.6 Å². The normalized spacial score (nSPS) is 31.0. The fourth-order valence-electron chi connectivity index (χ4n) is 4.51. The van der Waals surface area contributed by atoms with Crippen molar-refractivity contribution in [2.75, 3.05) is 45.3 Å². The molecule has 1 aromatic heterocycles. The summed E-state index contributed by atoms with van der Waals surface area (Å²) >= 11 is 2.17. The minimum Gasteiger partial charge on any atom is -0.543 e. The molecule has 5 N–H and O–H groups in total. The lowest BCUT2D eigenvalue weighted by atomic mass is 9.99. The lowest BCUT2D eigenvalue weighted by Gasteiger charge is -2.51. The van der Waals surface area contributed by atoms with Crippen LogP contribution < -0.4 is 16.2 Å². The molecule has 16 heteroatoms. The first-order valence-corrected chi connectivity index (χ1v) is 12.5. The molecule has 5 atom stereocenters. The first-order chi connectivity index (χ1) is 16.5. The van der Waals surface area contributed by atoms with Crippen molar-refractivity contribution in [2.24, 2.45) is 5.16 Å². The molecule has 2 saturated heterocycles. The van der Waals surface area contributed by atoms with Crippen molar-refractivity contribution in [3.05, 3.63) is 17.1 Å². The molecule has 4 rings (SSSR count). The molecule has 1 aromatic rings. The molecule has 2 amide bonds. The van der Waals surface area contributed by atoms with Gasteiger partial charge in [-0.2, -0.15) is 9.36 Å². The lowest BCUT2D eigenvalue weighted by Crippen LogP contribution is -2.72. The molecule has 0 aliphatic carbocycles. The Morgan fingerprint density at radius 2 is 2.14 bits per heavy atom. The summed E-state index contributed by atoms with van der Waals surface area (Å²) in [6.45, 7) is 1.07. The Bertz CT molecular complexity index is 1110. The van der Waals surface area contributed by atoms with Crippen LogP contribution >= 0.6 is 23.3 Å². The van der Waals surface area contributed by atoms with E-state index in [-0.39, 0.29) is 35.5 Å². The van der Waals surface area contributed by atoms with Gasteiger partial charge in [0.25, 0.3) is 11.8 Å². The third-order valence-corrected chi connectivity index (χ3v) is 8.07. The maximum Gasteiger partial charge on any atom is 0.278 e.